The standard InChI is InChI=1S/C25H16N6OS/c32-25(21-11-10-16-5-1-2-8-19(16)27-21)26-18-7-3-6-17(15-18)20-12-13-23-28-29-24(31(23)30-20)22-9-4-14-33-22/h1-15H,(H,26,32). The summed E-state index contributed by atoms with van der Waals surface area (Å²) in [5.74, 6) is 0.439. The smallest absolute Gasteiger partial charge is 0.274 e. The van der Waals surface area contributed by atoms with Crippen LogP contribution >= 0.6 is 11.3 Å². The second-order valence-corrected chi connectivity index (χ2v) is 8.36. The molecule has 6 aromatic rings. The highest BCUT2D eigenvalue weighted by molar-refractivity contribution is 7.13. The third-order valence-corrected chi connectivity index (χ3v) is 6.12. The Morgan fingerprint density at radius 2 is 1.82 bits per heavy atom. The molecule has 0 aliphatic rings. The first-order valence-electron chi connectivity index (χ1n) is 10.3. The lowest BCUT2D eigenvalue weighted by Gasteiger charge is -2.08. The van der Waals surface area contributed by atoms with Gasteiger partial charge in [0, 0.05) is 16.6 Å². The molecule has 1 amide bonds. The van der Waals surface area contributed by atoms with E-state index in [9.17, 15) is 4.79 Å². The van der Waals surface area contributed by atoms with E-state index in [-0.39, 0.29) is 5.91 Å². The summed E-state index contributed by atoms with van der Waals surface area (Å²) in [6, 6.07) is 26.7. The van der Waals surface area contributed by atoms with Gasteiger partial charge >= 0.3 is 0 Å². The van der Waals surface area contributed by atoms with Crippen LogP contribution in [0.2, 0.25) is 0 Å². The topological polar surface area (TPSA) is 85.1 Å². The zero-order valence-electron chi connectivity index (χ0n) is 17.2. The normalized spacial score (nSPS) is 11.2. The number of anilines is 1. The Morgan fingerprint density at radius 1 is 0.879 bits per heavy atom. The van der Waals surface area contributed by atoms with Gasteiger partial charge in [-0.05, 0) is 47.8 Å². The van der Waals surface area contributed by atoms with Crippen LogP contribution in [0.25, 0.3) is 38.5 Å². The SMILES string of the molecule is O=C(Nc1cccc(-c2ccc3nnc(-c4cccs4)n3n2)c1)c1ccc2ccccc2n1. The van der Waals surface area contributed by atoms with Gasteiger partial charge in [-0.15, -0.1) is 21.5 Å². The van der Waals surface area contributed by atoms with Crippen molar-refractivity contribution in [3.63, 3.8) is 0 Å². The van der Waals surface area contributed by atoms with Crippen molar-refractivity contribution in [2.45, 2.75) is 0 Å². The molecule has 2 aromatic carbocycles. The maximum Gasteiger partial charge on any atom is 0.274 e. The summed E-state index contributed by atoms with van der Waals surface area (Å²) in [5, 5.41) is 19.2. The minimum atomic E-state index is -0.264. The fourth-order valence-corrected chi connectivity index (χ4v) is 4.34. The van der Waals surface area contributed by atoms with Crippen molar-refractivity contribution >= 4 is 39.5 Å². The quantitative estimate of drug-likeness (QED) is 0.394. The highest BCUT2D eigenvalue weighted by Crippen LogP contribution is 2.26. The van der Waals surface area contributed by atoms with E-state index in [1.54, 1.807) is 21.9 Å². The Bertz CT molecular complexity index is 1620. The Kier molecular flexibility index (Phi) is 4.63. The van der Waals surface area contributed by atoms with Gasteiger partial charge in [-0.25, -0.2) is 4.98 Å². The molecule has 8 heteroatoms. The third kappa shape index (κ3) is 3.62. The number of aromatic nitrogens is 5. The molecule has 0 radical (unpaired) electrons. The predicted octanol–water partition coefficient (Wildman–Crippen LogP) is 5.32. The Morgan fingerprint density at radius 3 is 2.73 bits per heavy atom. The van der Waals surface area contributed by atoms with Crippen LogP contribution < -0.4 is 5.32 Å². The van der Waals surface area contributed by atoms with Crippen molar-refractivity contribution in [3.05, 3.63) is 96.0 Å². The molecule has 0 aliphatic carbocycles. The molecule has 33 heavy (non-hydrogen) atoms. The number of rotatable bonds is 4. The van der Waals surface area contributed by atoms with Crippen LogP contribution in [0.4, 0.5) is 5.69 Å². The molecule has 0 saturated carbocycles. The van der Waals surface area contributed by atoms with Crippen molar-refractivity contribution in [1.29, 1.82) is 0 Å². The van der Waals surface area contributed by atoms with Crippen LogP contribution in [0.1, 0.15) is 10.5 Å². The first-order chi connectivity index (χ1) is 16.2. The average Bonchev–Trinajstić information content (AvgIpc) is 3.53. The number of nitrogens with zero attached hydrogens (tertiary/aromatic N) is 5. The zero-order valence-corrected chi connectivity index (χ0v) is 18.0. The molecule has 0 bridgehead atoms. The molecule has 0 atom stereocenters. The highest BCUT2D eigenvalue weighted by atomic mass is 32.1. The second kappa shape index (κ2) is 7.92. The molecular weight excluding hydrogens is 432 g/mol. The number of carbonyl (C=O) groups excluding carboxylic acids is 1. The molecular formula is C25H16N6OS. The maximum absolute atomic E-state index is 12.8. The lowest BCUT2D eigenvalue weighted by atomic mass is 10.1. The number of nitrogens with one attached hydrogen (secondary N) is 1. The van der Waals surface area contributed by atoms with Gasteiger partial charge in [0.25, 0.3) is 5.91 Å². The fourth-order valence-electron chi connectivity index (χ4n) is 3.65. The monoisotopic (exact) mass is 448 g/mol. The van der Waals surface area contributed by atoms with Gasteiger partial charge < -0.3 is 5.32 Å². The number of thiophene rings is 1. The van der Waals surface area contributed by atoms with E-state index in [0.717, 1.165) is 27.0 Å². The minimum Gasteiger partial charge on any atom is -0.321 e. The van der Waals surface area contributed by atoms with Gasteiger partial charge in [0.15, 0.2) is 11.5 Å². The molecule has 7 nitrogen and oxygen atoms in total. The molecule has 4 aromatic heterocycles. The Hall–Kier alpha value is -4.43. The van der Waals surface area contributed by atoms with Crippen molar-refractivity contribution < 1.29 is 4.79 Å². The first-order valence-corrected chi connectivity index (χ1v) is 11.2. The van der Waals surface area contributed by atoms with Gasteiger partial charge in [0.1, 0.15) is 5.69 Å². The average molecular weight is 449 g/mol. The molecule has 1 N–H and O–H groups in total. The summed E-state index contributed by atoms with van der Waals surface area (Å²) >= 11 is 1.59. The fraction of sp³-hybridized carbons (Fsp3) is 0. The summed E-state index contributed by atoms with van der Waals surface area (Å²) in [6.07, 6.45) is 0. The Labute approximate surface area is 192 Å². The number of para-hydroxylation sites is 1. The number of benzene rings is 2. The molecule has 4 heterocycles. The molecule has 0 aliphatic heterocycles. The summed E-state index contributed by atoms with van der Waals surface area (Å²) in [4.78, 5) is 18.3. The van der Waals surface area contributed by atoms with Crippen molar-refractivity contribution in [2.24, 2.45) is 0 Å². The predicted molar refractivity (Wildman–Crippen MR) is 129 cm³/mol. The second-order valence-electron chi connectivity index (χ2n) is 7.41. The lowest BCUT2D eigenvalue weighted by molar-refractivity contribution is 0.102. The van der Waals surface area contributed by atoms with Gasteiger partial charge in [-0.1, -0.05) is 42.5 Å². The van der Waals surface area contributed by atoms with Crippen LogP contribution in [0.15, 0.2) is 90.3 Å². The number of hydrogen-bond acceptors (Lipinski definition) is 6. The van der Waals surface area contributed by atoms with Crippen LogP contribution in [0.3, 0.4) is 0 Å². The van der Waals surface area contributed by atoms with E-state index in [1.807, 2.05) is 84.2 Å². The largest absolute Gasteiger partial charge is 0.321 e. The molecule has 158 valence electrons. The van der Waals surface area contributed by atoms with E-state index in [0.29, 0.717) is 22.9 Å². The highest BCUT2D eigenvalue weighted by Gasteiger charge is 2.13. The van der Waals surface area contributed by atoms with Crippen molar-refractivity contribution in [3.8, 4) is 22.0 Å². The van der Waals surface area contributed by atoms with Gasteiger partial charge in [0.2, 0.25) is 0 Å². The number of fused-ring (bicyclic) bond motifs is 2. The Balaban J connectivity index is 1.31. The lowest BCUT2D eigenvalue weighted by Crippen LogP contribution is -2.13. The van der Waals surface area contributed by atoms with Gasteiger partial charge in [0.05, 0.1) is 16.1 Å². The molecule has 0 spiro atoms. The summed E-state index contributed by atoms with van der Waals surface area (Å²) in [6.45, 7) is 0. The van der Waals surface area contributed by atoms with Crippen LogP contribution in [-0.2, 0) is 0 Å². The maximum atomic E-state index is 12.8. The summed E-state index contributed by atoms with van der Waals surface area (Å²) in [7, 11) is 0. The van der Waals surface area contributed by atoms with Gasteiger partial charge in [-0.3, -0.25) is 4.79 Å². The van der Waals surface area contributed by atoms with E-state index in [4.69, 9.17) is 5.10 Å². The molecule has 0 saturated heterocycles. The molecule has 6 rings (SSSR count). The van der Waals surface area contributed by atoms with Crippen molar-refractivity contribution in [2.75, 3.05) is 5.32 Å². The van der Waals surface area contributed by atoms with Crippen LogP contribution in [0.5, 0.6) is 0 Å². The first kappa shape index (κ1) is 19.3. The number of hydrogen-bond donors (Lipinski definition) is 1. The van der Waals surface area contributed by atoms with E-state index < -0.39 is 0 Å². The number of amides is 1. The van der Waals surface area contributed by atoms with E-state index in [2.05, 4.69) is 20.5 Å². The number of pyridine rings is 1. The number of carbonyl (C=O) groups is 1. The van der Waals surface area contributed by atoms with Crippen LogP contribution in [-0.4, -0.2) is 30.7 Å². The molecule has 0 unspecified atom stereocenters. The van der Waals surface area contributed by atoms with Gasteiger partial charge in [-0.2, -0.15) is 9.61 Å². The van der Waals surface area contributed by atoms with Crippen molar-refractivity contribution in [1.82, 2.24) is 24.8 Å². The molecule has 0 fully saturated rings. The third-order valence-electron chi connectivity index (χ3n) is 5.25. The summed E-state index contributed by atoms with van der Waals surface area (Å²) < 4.78 is 1.74. The van der Waals surface area contributed by atoms with E-state index >= 15 is 0 Å². The van der Waals surface area contributed by atoms with E-state index in [1.165, 1.54) is 0 Å². The zero-order chi connectivity index (χ0) is 22.2. The van der Waals surface area contributed by atoms with Crippen LogP contribution in [0, 0.1) is 0 Å². The minimum absolute atomic E-state index is 0.264. The summed E-state index contributed by atoms with van der Waals surface area (Å²) in [5.41, 5.74) is 4.10.